The van der Waals surface area contributed by atoms with Crippen LogP contribution in [0.4, 0.5) is 0 Å². The lowest BCUT2D eigenvalue weighted by atomic mass is 10.2. The summed E-state index contributed by atoms with van der Waals surface area (Å²) in [5.41, 5.74) is 1.22. The van der Waals surface area contributed by atoms with E-state index < -0.39 is 9.84 Å². The summed E-state index contributed by atoms with van der Waals surface area (Å²) in [7, 11) is -3.28. The zero-order valence-corrected chi connectivity index (χ0v) is 11.3. The monoisotopic (exact) mass is 281 g/mol. The van der Waals surface area contributed by atoms with E-state index in [0.29, 0.717) is 24.6 Å². The van der Waals surface area contributed by atoms with Crippen molar-refractivity contribution in [1.29, 1.82) is 0 Å². The number of para-hydroxylation sites is 1. The third-order valence-corrected chi connectivity index (χ3v) is 4.27. The quantitative estimate of drug-likeness (QED) is 0.843. The number of fused-ring (bicyclic) bond motifs is 1. The summed E-state index contributed by atoms with van der Waals surface area (Å²) in [5, 5.41) is 3.29. The Morgan fingerprint density at radius 1 is 1.42 bits per heavy atom. The van der Waals surface area contributed by atoms with E-state index in [2.05, 4.69) is 15.3 Å². The Labute approximate surface area is 111 Å². The maximum absolute atomic E-state index is 11.7. The summed E-state index contributed by atoms with van der Waals surface area (Å²) >= 11 is 0. The third-order valence-electron chi connectivity index (χ3n) is 3.15. The highest BCUT2D eigenvalue weighted by Gasteiger charge is 2.21. The smallest absolute Gasteiger partial charge is 0.177 e. The van der Waals surface area contributed by atoms with E-state index >= 15 is 0 Å². The van der Waals surface area contributed by atoms with Gasteiger partial charge in [-0.3, -0.25) is 0 Å². The van der Waals surface area contributed by atoms with Crippen LogP contribution in [-0.2, 0) is 14.6 Å². The fraction of sp³-hybridized carbons (Fsp3) is 0.417. The molecular formula is C12H15N3O3S. The van der Waals surface area contributed by atoms with Crippen LogP contribution >= 0.6 is 0 Å². The summed E-state index contributed by atoms with van der Waals surface area (Å²) in [6.07, 6.45) is 1.19. The Bertz CT molecular complexity index is 702. The highest BCUT2D eigenvalue weighted by atomic mass is 32.2. The minimum atomic E-state index is -3.28. The molecule has 1 unspecified atom stereocenters. The number of aromatic amines is 1. The molecule has 1 aromatic carbocycles. The minimum absolute atomic E-state index is 0.0199. The van der Waals surface area contributed by atoms with Crippen LogP contribution in [0.1, 0.15) is 11.9 Å². The lowest BCUT2D eigenvalue weighted by Gasteiger charge is -2.21. The Morgan fingerprint density at radius 2 is 2.26 bits per heavy atom. The molecule has 7 heteroatoms. The van der Waals surface area contributed by atoms with Crippen LogP contribution in [0.3, 0.4) is 0 Å². The molecular weight excluding hydrogens is 266 g/mol. The number of sulfone groups is 1. The summed E-state index contributed by atoms with van der Waals surface area (Å²) < 4.78 is 28.9. The van der Waals surface area contributed by atoms with Crippen LogP contribution < -0.4 is 5.32 Å². The Kier molecular flexibility index (Phi) is 3.04. The van der Waals surface area contributed by atoms with Crippen molar-refractivity contribution in [3.63, 3.8) is 0 Å². The van der Waals surface area contributed by atoms with Crippen molar-refractivity contribution in [3.05, 3.63) is 24.0 Å². The Balaban J connectivity index is 2.10. The molecule has 1 aliphatic rings. The fourth-order valence-electron chi connectivity index (χ4n) is 2.23. The van der Waals surface area contributed by atoms with E-state index in [-0.39, 0.29) is 10.9 Å². The summed E-state index contributed by atoms with van der Waals surface area (Å²) in [6.45, 7) is 1.99. The maximum Gasteiger partial charge on any atom is 0.177 e. The molecule has 1 aromatic heterocycles. The van der Waals surface area contributed by atoms with E-state index in [0.717, 1.165) is 12.1 Å². The van der Waals surface area contributed by atoms with E-state index in [4.69, 9.17) is 4.74 Å². The number of ether oxygens (including phenoxy) is 1. The fourth-order valence-corrected chi connectivity index (χ4v) is 3.06. The first-order valence-corrected chi connectivity index (χ1v) is 7.94. The number of hydrogen-bond acceptors (Lipinski definition) is 5. The van der Waals surface area contributed by atoms with E-state index in [1.807, 2.05) is 6.07 Å². The minimum Gasteiger partial charge on any atom is -0.378 e. The van der Waals surface area contributed by atoms with Crippen LogP contribution in [-0.4, -0.2) is 44.4 Å². The second-order valence-electron chi connectivity index (χ2n) is 4.63. The van der Waals surface area contributed by atoms with Gasteiger partial charge in [0.2, 0.25) is 0 Å². The summed E-state index contributed by atoms with van der Waals surface area (Å²) in [5.74, 6) is 0.714. The molecule has 3 rings (SSSR count). The molecule has 1 aliphatic heterocycles. The first-order chi connectivity index (χ1) is 9.05. The van der Waals surface area contributed by atoms with E-state index in [1.165, 1.54) is 6.26 Å². The zero-order valence-electron chi connectivity index (χ0n) is 10.5. The Hall–Kier alpha value is -1.44. The second kappa shape index (κ2) is 4.59. The number of morpholine rings is 1. The van der Waals surface area contributed by atoms with Crippen molar-refractivity contribution in [1.82, 2.24) is 15.3 Å². The van der Waals surface area contributed by atoms with Gasteiger partial charge >= 0.3 is 0 Å². The molecule has 102 valence electrons. The standard InChI is InChI=1S/C12H15N3O3S/c1-19(16,17)10-4-2-3-8-11(10)15-12(14-8)9-7-18-6-5-13-9/h2-4,9,13H,5-7H2,1H3,(H,14,15). The van der Waals surface area contributed by atoms with Crippen molar-refractivity contribution in [2.24, 2.45) is 0 Å². The van der Waals surface area contributed by atoms with Crippen LogP contribution in [0.15, 0.2) is 23.1 Å². The van der Waals surface area contributed by atoms with Crippen molar-refractivity contribution in [2.45, 2.75) is 10.9 Å². The maximum atomic E-state index is 11.7. The normalized spacial score (nSPS) is 20.8. The highest BCUT2D eigenvalue weighted by Crippen LogP contribution is 2.23. The zero-order chi connectivity index (χ0) is 13.5. The van der Waals surface area contributed by atoms with Crippen LogP contribution in [0, 0.1) is 0 Å². The van der Waals surface area contributed by atoms with Crippen LogP contribution in [0.5, 0.6) is 0 Å². The topological polar surface area (TPSA) is 84.1 Å². The van der Waals surface area contributed by atoms with Crippen molar-refractivity contribution in [2.75, 3.05) is 26.0 Å². The molecule has 1 saturated heterocycles. The molecule has 0 bridgehead atoms. The first-order valence-electron chi connectivity index (χ1n) is 6.05. The highest BCUT2D eigenvalue weighted by molar-refractivity contribution is 7.91. The van der Waals surface area contributed by atoms with Gasteiger partial charge < -0.3 is 15.0 Å². The number of H-pyrrole nitrogens is 1. The molecule has 2 aromatic rings. The predicted octanol–water partition coefficient (Wildman–Crippen LogP) is 0.627. The number of benzene rings is 1. The molecule has 1 atom stereocenters. The SMILES string of the molecule is CS(=O)(=O)c1cccc2[nH]c(C3COCCN3)nc12. The van der Waals surface area contributed by atoms with Gasteiger partial charge in [-0.15, -0.1) is 0 Å². The number of nitrogens with zero attached hydrogens (tertiary/aromatic N) is 1. The number of rotatable bonds is 2. The molecule has 0 radical (unpaired) electrons. The van der Waals surface area contributed by atoms with E-state index in [9.17, 15) is 8.42 Å². The average molecular weight is 281 g/mol. The average Bonchev–Trinajstić information content (AvgIpc) is 2.82. The van der Waals surface area contributed by atoms with Crippen molar-refractivity contribution < 1.29 is 13.2 Å². The molecule has 2 heterocycles. The number of hydrogen-bond donors (Lipinski definition) is 2. The predicted molar refractivity (Wildman–Crippen MR) is 70.8 cm³/mol. The van der Waals surface area contributed by atoms with Gasteiger partial charge in [-0.25, -0.2) is 13.4 Å². The molecule has 0 aliphatic carbocycles. The molecule has 0 spiro atoms. The molecule has 6 nitrogen and oxygen atoms in total. The second-order valence-corrected chi connectivity index (χ2v) is 6.61. The number of imidazole rings is 1. The molecule has 0 saturated carbocycles. The van der Waals surface area contributed by atoms with Gasteiger partial charge in [0, 0.05) is 12.8 Å². The lowest BCUT2D eigenvalue weighted by molar-refractivity contribution is 0.0746. The van der Waals surface area contributed by atoms with Gasteiger partial charge in [0.15, 0.2) is 9.84 Å². The van der Waals surface area contributed by atoms with Crippen LogP contribution in [0.2, 0.25) is 0 Å². The number of aromatic nitrogens is 2. The van der Waals surface area contributed by atoms with Gasteiger partial charge in [0.1, 0.15) is 11.3 Å². The lowest BCUT2D eigenvalue weighted by Crippen LogP contribution is -2.35. The molecule has 2 N–H and O–H groups in total. The Morgan fingerprint density at radius 3 is 2.95 bits per heavy atom. The molecule has 0 amide bonds. The van der Waals surface area contributed by atoms with Gasteiger partial charge in [-0.05, 0) is 12.1 Å². The van der Waals surface area contributed by atoms with Crippen LogP contribution in [0.25, 0.3) is 11.0 Å². The van der Waals surface area contributed by atoms with Crippen molar-refractivity contribution >= 4 is 20.9 Å². The molecule has 19 heavy (non-hydrogen) atoms. The third kappa shape index (κ3) is 2.36. The number of nitrogens with one attached hydrogen (secondary N) is 2. The van der Waals surface area contributed by atoms with Gasteiger partial charge in [0.25, 0.3) is 0 Å². The van der Waals surface area contributed by atoms with Gasteiger partial charge in [-0.2, -0.15) is 0 Å². The summed E-state index contributed by atoms with van der Waals surface area (Å²) in [6, 6.07) is 5.09. The largest absolute Gasteiger partial charge is 0.378 e. The molecule has 1 fully saturated rings. The van der Waals surface area contributed by atoms with Gasteiger partial charge in [0.05, 0.1) is 29.7 Å². The van der Waals surface area contributed by atoms with E-state index in [1.54, 1.807) is 12.1 Å². The summed E-state index contributed by atoms with van der Waals surface area (Å²) in [4.78, 5) is 7.84. The van der Waals surface area contributed by atoms with Crippen molar-refractivity contribution in [3.8, 4) is 0 Å². The first kappa shape index (κ1) is 12.6. The van der Waals surface area contributed by atoms with Gasteiger partial charge in [-0.1, -0.05) is 6.07 Å².